The van der Waals surface area contributed by atoms with Crippen LogP contribution in [0.3, 0.4) is 0 Å². The van der Waals surface area contributed by atoms with E-state index in [1.807, 2.05) is 60.7 Å². The molecule has 0 radical (unpaired) electrons. The van der Waals surface area contributed by atoms with Gasteiger partial charge in [0.2, 0.25) is 0 Å². The zero-order chi connectivity index (χ0) is 24.2. The second kappa shape index (κ2) is 10.1. The maximum Gasteiger partial charge on any atom is 0.283 e. The minimum Gasteiger partial charge on any atom is -0.457 e. The van der Waals surface area contributed by atoms with Crippen molar-refractivity contribution >= 4 is 46.6 Å². The van der Waals surface area contributed by atoms with Gasteiger partial charge in [0.15, 0.2) is 0 Å². The fraction of sp³-hybridized carbons (Fsp3) is 0. The third kappa shape index (κ3) is 5.09. The maximum atomic E-state index is 13.5. The molecule has 0 saturated heterocycles. The first-order valence-electron chi connectivity index (χ1n) is 10.8. The molecule has 0 aromatic heterocycles. The van der Waals surface area contributed by atoms with Gasteiger partial charge in [-0.15, -0.1) is 0 Å². The molecule has 172 valence electrons. The lowest BCUT2D eigenvalue weighted by Gasteiger charge is -2.16. The average Bonchev–Trinajstić information content (AvgIpc) is 3.11. The van der Waals surface area contributed by atoms with E-state index < -0.39 is 11.8 Å². The first kappa shape index (κ1) is 22.8. The Kier molecular flexibility index (Phi) is 6.57. The molecule has 1 heterocycles. The first-order chi connectivity index (χ1) is 17.1. The van der Waals surface area contributed by atoms with E-state index in [4.69, 9.17) is 16.3 Å². The molecule has 0 fully saturated rings. The van der Waals surface area contributed by atoms with Gasteiger partial charge in [-0.05, 0) is 72.8 Å². The zero-order valence-corrected chi connectivity index (χ0v) is 19.9. The van der Waals surface area contributed by atoms with E-state index in [1.165, 1.54) is 16.7 Å². The molecule has 0 bridgehead atoms. The van der Waals surface area contributed by atoms with E-state index in [1.54, 1.807) is 48.5 Å². The number of nitrogens with zero attached hydrogens (tertiary/aromatic N) is 1. The SMILES string of the molecule is O=C1C(Nc2ccc(Cl)cc2)=C(Sc2ccccc2)C(=O)N1c1ccc(Oc2ccccc2)cc1. The van der Waals surface area contributed by atoms with Gasteiger partial charge in [0.25, 0.3) is 11.8 Å². The van der Waals surface area contributed by atoms with Gasteiger partial charge in [-0.1, -0.05) is 59.8 Å². The summed E-state index contributed by atoms with van der Waals surface area (Å²) in [6, 6.07) is 32.7. The molecular weight excluding hydrogens is 480 g/mol. The third-order valence-corrected chi connectivity index (χ3v) is 6.53. The standard InChI is InChI=1S/C28H19ClN2O3S/c29-19-11-13-20(14-12-19)30-25-26(35-24-9-5-2-6-10-24)28(33)31(27(25)32)21-15-17-23(18-16-21)34-22-7-3-1-4-8-22/h1-18,30H. The molecule has 5 rings (SSSR count). The molecule has 35 heavy (non-hydrogen) atoms. The van der Waals surface area contributed by atoms with Crippen LogP contribution in [0.15, 0.2) is 125 Å². The van der Waals surface area contributed by atoms with Crippen LogP contribution in [0.4, 0.5) is 11.4 Å². The summed E-state index contributed by atoms with van der Waals surface area (Å²) in [7, 11) is 0. The minimum atomic E-state index is -0.430. The molecule has 4 aromatic carbocycles. The predicted molar refractivity (Wildman–Crippen MR) is 140 cm³/mol. The van der Waals surface area contributed by atoms with Gasteiger partial charge in [0, 0.05) is 15.6 Å². The largest absolute Gasteiger partial charge is 0.457 e. The molecule has 0 atom stereocenters. The lowest BCUT2D eigenvalue weighted by atomic mass is 10.2. The number of imide groups is 1. The predicted octanol–water partition coefficient (Wildman–Crippen LogP) is 7.12. The number of carbonyl (C=O) groups is 2. The summed E-state index contributed by atoms with van der Waals surface area (Å²) in [5.74, 6) is 0.480. The monoisotopic (exact) mass is 498 g/mol. The van der Waals surface area contributed by atoms with Crippen molar-refractivity contribution in [3.63, 3.8) is 0 Å². The van der Waals surface area contributed by atoms with E-state index >= 15 is 0 Å². The van der Waals surface area contributed by atoms with E-state index in [0.29, 0.717) is 32.8 Å². The minimum absolute atomic E-state index is 0.218. The normalized spacial score (nSPS) is 13.3. The maximum absolute atomic E-state index is 13.5. The third-order valence-electron chi connectivity index (χ3n) is 5.19. The number of hydrogen-bond acceptors (Lipinski definition) is 5. The summed E-state index contributed by atoms with van der Waals surface area (Å²) in [6.07, 6.45) is 0. The molecule has 4 aromatic rings. The van der Waals surface area contributed by atoms with Crippen molar-refractivity contribution in [2.75, 3.05) is 10.2 Å². The molecule has 1 aliphatic heterocycles. The quantitative estimate of drug-likeness (QED) is 0.275. The Bertz CT molecular complexity index is 1390. The Hall–Kier alpha value is -4.00. The lowest BCUT2D eigenvalue weighted by Crippen LogP contribution is -2.32. The highest BCUT2D eigenvalue weighted by Crippen LogP contribution is 2.38. The van der Waals surface area contributed by atoms with Crippen LogP contribution in [0, 0.1) is 0 Å². The number of rotatable bonds is 7. The molecule has 2 amide bonds. The van der Waals surface area contributed by atoms with Crippen LogP contribution in [-0.4, -0.2) is 11.8 Å². The number of ether oxygens (including phenoxy) is 1. The van der Waals surface area contributed by atoms with Crippen LogP contribution in [0.5, 0.6) is 11.5 Å². The summed E-state index contributed by atoms with van der Waals surface area (Å²) < 4.78 is 5.83. The number of thioether (sulfide) groups is 1. The van der Waals surface area contributed by atoms with Gasteiger partial charge in [-0.2, -0.15) is 0 Å². The first-order valence-corrected chi connectivity index (χ1v) is 12.0. The Morgan fingerprint density at radius 1 is 0.686 bits per heavy atom. The number of benzene rings is 4. The van der Waals surface area contributed by atoms with Gasteiger partial charge < -0.3 is 10.1 Å². The second-order valence-electron chi connectivity index (χ2n) is 7.61. The van der Waals surface area contributed by atoms with Crippen LogP contribution in [-0.2, 0) is 9.59 Å². The van der Waals surface area contributed by atoms with Gasteiger partial charge >= 0.3 is 0 Å². The van der Waals surface area contributed by atoms with Crippen LogP contribution in [0.2, 0.25) is 5.02 Å². The van der Waals surface area contributed by atoms with Gasteiger partial charge in [0.1, 0.15) is 22.1 Å². The smallest absolute Gasteiger partial charge is 0.283 e. The van der Waals surface area contributed by atoms with E-state index in [-0.39, 0.29) is 5.70 Å². The van der Waals surface area contributed by atoms with Gasteiger partial charge in [-0.25, -0.2) is 4.90 Å². The van der Waals surface area contributed by atoms with E-state index in [9.17, 15) is 9.59 Å². The number of amides is 2. The van der Waals surface area contributed by atoms with Crippen molar-refractivity contribution in [2.45, 2.75) is 4.90 Å². The highest BCUT2D eigenvalue weighted by Gasteiger charge is 2.40. The number of anilines is 2. The summed E-state index contributed by atoms with van der Waals surface area (Å²) in [4.78, 5) is 29.3. The molecule has 1 N–H and O–H groups in total. The van der Waals surface area contributed by atoms with Crippen LogP contribution in [0.25, 0.3) is 0 Å². The molecule has 0 unspecified atom stereocenters. The molecule has 0 saturated carbocycles. The van der Waals surface area contributed by atoms with Crippen molar-refractivity contribution in [2.24, 2.45) is 0 Å². The zero-order valence-electron chi connectivity index (χ0n) is 18.4. The second-order valence-corrected chi connectivity index (χ2v) is 9.13. The number of nitrogens with one attached hydrogen (secondary N) is 1. The lowest BCUT2D eigenvalue weighted by molar-refractivity contribution is -0.120. The Labute approximate surface area is 212 Å². The molecule has 0 spiro atoms. The van der Waals surface area contributed by atoms with Crippen molar-refractivity contribution in [1.29, 1.82) is 0 Å². The van der Waals surface area contributed by atoms with Gasteiger partial charge in [0.05, 0.1) is 5.69 Å². The summed E-state index contributed by atoms with van der Waals surface area (Å²) in [5.41, 5.74) is 1.33. The molecule has 0 aliphatic carbocycles. The van der Waals surface area contributed by atoms with Crippen LogP contribution < -0.4 is 15.0 Å². The Morgan fingerprint density at radius 2 is 1.29 bits per heavy atom. The van der Waals surface area contributed by atoms with E-state index in [0.717, 1.165) is 4.90 Å². The molecular formula is C28H19ClN2O3S. The topological polar surface area (TPSA) is 58.6 Å². The number of hydrogen-bond donors (Lipinski definition) is 1. The van der Waals surface area contributed by atoms with Crippen molar-refractivity contribution in [3.05, 3.63) is 125 Å². The molecule has 1 aliphatic rings. The van der Waals surface area contributed by atoms with Crippen LogP contribution in [0.1, 0.15) is 0 Å². The Morgan fingerprint density at radius 3 is 1.94 bits per heavy atom. The fourth-order valence-electron chi connectivity index (χ4n) is 3.52. The van der Waals surface area contributed by atoms with Crippen LogP contribution >= 0.6 is 23.4 Å². The van der Waals surface area contributed by atoms with Crippen molar-refractivity contribution < 1.29 is 14.3 Å². The number of para-hydroxylation sites is 1. The van der Waals surface area contributed by atoms with Crippen molar-refractivity contribution in [1.82, 2.24) is 0 Å². The number of carbonyl (C=O) groups excluding carboxylic acids is 2. The molecule has 5 nitrogen and oxygen atoms in total. The van der Waals surface area contributed by atoms with Crippen molar-refractivity contribution in [3.8, 4) is 11.5 Å². The fourth-order valence-corrected chi connectivity index (χ4v) is 4.59. The van der Waals surface area contributed by atoms with Gasteiger partial charge in [-0.3, -0.25) is 9.59 Å². The summed E-state index contributed by atoms with van der Waals surface area (Å²) in [6.45, 7) is 0. The Balaban J connectivity index is 1.44. The average molecular weight is 499 g/mol. The van der Waals surface area contributed by atoms with E-state index in [2.05, 4.69) is 5.32 Å². The number of halogens is 1. The molecule has 7 heteroatoms. The summed E-state index contributed by atoms with van der Waals surface area (Å²) in [5, 5.41) is 3.71. The highest BCUT2D eigenvalue weighted by atomic mass is 35.5. The summed E-state index contributed by atoms with van der Waals surface area (Å²) >= 11 is 7.25. The highest BCUT2D eigenvalue weighted by molar-refractivity contribution is 8.04.